The van der Waals surface area contributed by atoms with Gasteiger partial charge in [-0.3, -0.25) is 9.36 Å². The van der Waals surface area contributed by atoms with E-state index in [0.717, 1.165) is 31.1 Å². The first-order valence-corrected chi connectivity index (χ1v) is 12.8. The molecular weight excluding hydrogens is 428 g/mol. The summed E-state index contributed by atoms with van der Waals surface area (Å²) < 4.78 is 28.4. The maximum atomic E-state index is 12.6. The molecule has 1 saturated carbocycles. The van der Waals surface area contributed by atoms with E-state index in [2.05, 4.69) is 10.3 Å². The number of aromatic nitrogens is 3. The van der Waals surface area contributed by atoms with Crippen LogP contribution in [0.1, 0.15) is 44.6 Å². The summed E-state index contributed by atoms with van der Waals surface area (Å²) in [5, 5.41) is 5.51. The molecule has 0 amide bonds. The first-order valence-electron chi connectivity index (χ1n) is 11.3. The van der Waals surface area contributed by atoms with Crippen LogP contribution < -0.4 is 10.9 Å². The number of hydrogen-bond acceptors (Lipinski definition) is 7. The fraction of sp³-hybridized carbons (Fsp3) is 0.591. The minimum atomic E-state index is -3.39. The summed E-state index contributed by atoms with van der Waals surface area (Å²) in [5.41, 5.74) is 0.655. The fourth-order valence-corrected chi connectivity index (χ4v) is 5.74. The molecule has 4 rings (SSSR count). The van der Waals surface area contributed by atoms with Crippen LogP contribution in [0.5, 0.6) is 0 Å². The molecule has 3 heterocycles. The normalized spacial score (nSPS) is 19.5. The SMILES string of the molecule is CN(C)C/C=C/S(=O)(=O)N1CCC(Nc2ncc3ccc(=O)n(C4CCCC4)c3n2)CC1. The van der Waals surface area contributed by atoms with Crippen LogP contribution in [-0.2, 0) is 10.0 Å². The van der Waals surface area contributed by atoms with Crippen LogP contribution in [0.25, 0.3) is 11.0 Å². The molecule has 1 aliphatic heterocycles. The van der Waals surface area contributed by atoms with E-state index in [4.69, 9.17) is 4.98 Å². The number of hydrogen-bond donors (Lipinski definition) is 1. The van der Waals surface area contributed by atoms with Crippen LogP contribution in [0.3, 0.4) is 0 Å². The molecule has 10 heteroatoms. The van der Waals surface area contributed by atoms with E-state index in [1.165, 1.54) is 9.71 Å². The molecule has 1 saturated heterocycles. The zero-order chi connectivity index (χ0) is 22.7. The average molecular weight is 461 g/mol. The Hall–Kier alpha value is -2.30. The van der Waals surface area contributed by atoms with Gasteiger partial charge < -0.3 is 10.2 Å². The molecule has 0 spiro atoms. The Bertz CT molecular complexity index is 1130. The summed E-state index contributed by atoms with van der Waals surface area (Å²) in [6.07, 6.45) is 9.05. The molecular formula is C22H32N6O3S. The van der Waals surface area contributed by atoms with E-state index in [0.29, 0.717) is 44.1 Å². The van der Waals surface area contributed by atoms with Crippen molar-refractivity contribution in [3.8, 4) is 0 Å². The van der Waals surface area contributed by atoms with Crippen LogP contribution in [0, 0.1) is 0 Å². The minimum absolute atomic E-state index is 0.0186. The second-order valence-electron chi connectivity index (χ2n) is 8.95. The maximum Gasteiger partial charge on any atom is 0.252 e. The number of pyridine rings is 1. The molecule has 1 aliphatic carbocycles. The van der Waals surface area contributed by atoms with Gasteiger partial charge in [0.2, 0.25) is 16.0 Å². The number of nitrogens with zero attached hydrogens (tertiary/aromatic N) is 5. The van der Waals surface area contributed by atoms with Crippen molar-refractivity contribution in [1.82, 2.24) is 23.7 Å². The third-order valence-corrected chi connectivity index (χ3v) is 7.86. The van der Waals surface area contributed by atoms with Crippen molar-refractivity contribution in [3.05, 3.63) is 40.2 Å². The molecule has 0 unspecified atom stereocenters. The van der Waals surface area contributed by atoms with Gasteiger partial charge in [0.1, 0.15) is 5.65 Å². The minimum Gasteiger partial charge on any atom is -0.351 e. The number of piperidine rings is 1. The van der Waals surface area contributed by atoms with Gasteiger partial charge in [-0.05, 0) is 45.8 Å². The fourth-order valence-electron chi connectivity index (χ4n) is 4.52. The third kappa shape index (κ3) is 5.19. The second kappa shape index (κ2) is 9.68. The van der Waals surface area contributed by atoms with Crippen molar-refractivity contribution in [3.63, 3.8) is 0 Å². The Morgan fingerprint density at radius 3 is 2.56 bits per heavy atom. The van der Waals surface area contributed by atoms with Gasteiger partial charge >= 0.3 is 0 Å². The summed E-state index contributed by atoms with van der Waals surface area (Å²) in [4.78, 5) is 23.6. The molecule has 32 heavy (non-hydrogen) atoms. The summed E-state index contributed by atoms with van der Waals surface area (Å²) in [7, 11) is 0.403. The highest BCUT2D eigenvalue weighted by molar-refractivity contribution is 7.92. The maximum absolute atomic E-state index is 12.6. The highest BCUT2D eigenvalue weighted by atomic mass is 32.2. The molecule has 0 aromatic carbocycles. The first-order chi connectivity index (χ1) is 15.3. The number of nitrogens with one attached hydrogen (secondary N) is 1. The average Bonchev–Trinajstić information content (AvgIpc) is 3.28. The predicted octanol–water partition coefficient (Wildman–Crippen LogP) is 2.19. The van der Waals surface area contributed by atoms with Crippen LogP contribution >= 0.6 is 0 Å². The lowest BCUT2D eigenvalue weighted by Gasteiger charge is -2.30. The zero-order valence-electron chi connectivity index (χ0n) is 18.8. The van der Waals surface area contributed by atoms with E-state index in [1.54, 1.807) is 24.4 Å². The Balaban J connectivity index is 1.44. The van der Waals surface area contributed by atoms with Gasteiger partial charge in [-0.25, -0.2) is 13.4 Å². The molecule has 2 aliphatic rings. The topological polar surface area (TPSA) is 100 Å². The summed E-state index contributed by atoms with van der Waals surface area (Å²) >= 11 is 0. The van der Waals surface area contributed by atoms with E-state index in [9.17, 15) is 13.2 Å². The first kappa shape index (κ1) is 22.9. The van der Waals surface area contributed by atoms with Crippen molar-refractivity contribution in [2.75, 3.05) is 39.0 Å². The molecule has 2 fully saturated rings. The zero-order valence-corrected chi connectivity index (χ0v) is 19.6. The van der Waals surface area contributed by atoms with Crippen LogP contribution in [0.2, 0.25) is 0 Å². The summed E-state index contributed by atoms with van der Waals surface area (Å²) in [6, 6.07) is 3.66. The van der Waals surface area contributed by atoms with E-state index < -0.39 is 10.0 Å². The highest BCUT2D eigenvalue weighted by Gasteiger charge is 2.27. The van der Waals surface area contributed by atoms with Gasteiger partial charge in [-0.1, -0.05) is 18.9 Å². The van der Waals surface area contributed by atoms with Crippen molar-refractivity contribution in [2.45, 2.75) is 50.6 Å². The number of sulfonamides is 1. The van der Waals surface area contributed by atoms with Crippen molar-refractivity contribution >= 4 is 27.0 Å². The number of rotatable bonds is 7. The monoisotopic (exact) mass is 460 g/mol. The smallest absolute Gasteiger partial charge is 0.252 e. The van der Waals surface area contributed by atoms with Crippen LogP contribution in [0.15, 0.2) is 34.6 Å². The van der Waals surface area contributed by atoms with Crippen molar-refractivity contribution in [1.29, 1.82) is 0 Å². The Morgan fingerprint density at radius 2 is 1.88 bits per heavy atom. The molecule has 0 atom stereocenters. The third-order valence-electron chi connectivity index (χ3n) is 6.24. The van der Waals surface area contributed by atoms with E-state index >= 15 is 0 Å². The lowest BCUT2D eigenvalue weighted by Crippen LogP contribution is -2.41. The quantitative estimate of drug-likeness (QED) is 0.676. The van der Waals surface area contributed by atoms with Gasteiger partial charge in [0, 0.05) is 54.8 Å². The molecule has 174 valence electrons. The van der Waals surface area contributed by atoms with Crippen molar-refractivity contribution < 1.29 is 8.42 Å². The standard InChI is InChI=1S/C22H32N6O3S/c1-26(2)12-5-15-32(30,31)27-13-10-18(11-14-27)24-22-23-16-17-8-9-20(29)28(21(17)25-22)19-6-3-4-7-19/h5,8-9,15-16,18-19H,3-4,6-7,10-14H2,1-2H3,(H,23,24,25)/b15-5+. The number of likely N-dealkylation sites (N-methyl/N-ethyl adjacent to an activating group) is 1. The number of fused-ring (bicyclic) bond motifs is 1. The molecule has 9 nitrogen and oxygen atoms in total. The van der Waals surface area contributed by atoms with Gasteiger partial charge in [0.25, 0.3) is 5.56 Å². The molecule has 0 radical (unpaired) electrons. The Labute approximate surface area is 189 Å². The van der Waals surface area contributed by atoms with E-state index in [-0.39, 0.29) is 17.6 Å². The van der Waals surface area contributed by atoms with Gasteiger partial charge in [-0.15, -0.1) is 0 Å². The van der Waals surface area contributed by atoms with Crippen LogP contribution in [0.4, 0.5) is 5.95 Å². The Morgan fingerprint density at radius 1 is 1.16 bits per heavy atom. The molecule has 0 bridgehead atoms. The predicted molar refractivity (Wildman–Crippen MR) is 126 cm³/mol. The highest BCUT2D eigenvalue weighted by Crippen LogP contribution is 2.30. The van der Waals surface area contributed by atoms with Crippen molar-refractivity contribution in [2.24, 2.45) is 0 Å². The largest absolute Gasteiger partial charge is 0.351 e. The molecule has 2 aromatic heterocycles. The summed E-state index contributed by atoms with van der Waals surface area (Å²) in [6.45, 7) is 1.49. The summed E-state index contributed by atoms with van der Waals surface area (Å²) in [5.74, 6) is 0.488. The lowest BCUT2D eigenvalue weighted by atomic mass is 10.1. The van der Waals surface area contributed by atoms with E-state index in [1.807, 2.05) is 23.6 Å². The van der Waals surface area contributed by atoms with Gasteiger partial charge in [0.15, 0.2) is 0 Å². The number of anilines is 1. The second-order valence-corrected chi connectivity index (χ2v) is 10.8. The Kier molecular flexibility index (Phi) is 6.92. The van der Waals surface area contributed by atoms with Gasteiger partial charge in [0.05, 0.1) is 0 Å². The lowest BCUT2D eigenvalue weighted by molar-refractivity contribution is 0.332. The molecule has 1 N–H and O–H groups in total. The van der Waals surface area contributed by atoms with Crippen LogP contribution in [-0.4, -0.2) is 71.9 Å². The molecule has 2 aromatic rings. The van der Waals surface area contributed by atoms with Gasteiger partial charge in [-0.2, -0.15) is 9.29 Å².